The van der Waals surface area contributed by atoms with Gasteiger partial charge in [-0.1, -0.05) is 12.2 Å². The maximum absolute atomic E-state index is 12.6. The highest BCUT2D eigenvalue weighted by Crippen LogP contribution is 2.28. The van der Waals surface area contributed by atoms with Gasteiger partial charge in [0.05, 0.1) is 19.8 Å². The smallest absolute Gasteiger partial charge is 0.416 e. The van der Waals surface area contributed by atoms with Crippen LogP contribution in [0.2, 0.25) is 0 Å². The first-order chi connectivity index (χ1) is 11.1. The summed E-state index contributed by atoms with van der Waals surface area (Å²) < 4.78 is 16.1. The second kappa shape index (κ2) is 8.45. The molecule has 1 atom stereocenters. The van der Waals surface area contributed by atoms with E-state index < -0.39 is 11.9 Å². The fourth-order valence-electron chi connectivity index (χ4n) is 3.04. The molecule has 0 aromatic carbocycles. The van der Waals surface area contributed by atoms with Crippen LogP contribution in [0.15, 0.2) is 12.2 Å². The lowest BCUT2D eigenvalue weighted by Gasteiger charge is -2.24. The third kappa shape index (κ3) is 5.04. The molecule has 1 unspecified atom stereocenters. The Balaban J connectivity index is 1.87. The summed E-state index contributed by atoms with van der Waals surface area (Å²) in [7, 11) is 0. The molecular formula is C17H27NO5. The van der Waals surface area contributed by atoms with Gasteiger partial charge in [-0.25, -0.2) is 9.69 Å². The van der Waals surface area contributed by atoms with Crippen LogP contribution in [0.5, 0.6) is 0 Å². The van der Waals surface area contributed by atoms with Gasteiger partial charge in [-0.3, -0.25) is 4.79 Å². The van der Waals surface area contributed by atoms with Crippen molar-refractivity contribution in [3.8, 4) is 0 Å². The molecule has 2 aliphatic rings. The number of cyclic esters (lactones) is 1. The molecule has 2 rings (SSSR count). The number of allylic oxidation sites excluding steroid dienone is 2. The van der Waals surface area contributed by atoms with Crippen LogP contribution >= 0.6 is 0 Å². The van der Waals surface area contributed by atoms with Crippen LogP contribution in [0.4, 0.5) is 4.79 Å². The number of carbonyl (C=O) groups excluding carboxylic acids is 2. The number of hydrogen-bond acceptors (Lipinski definition) is 5. The van der Waals surface area contributed by atoms with E-state index in [1.54, 1.807) is 0 Å². The van der Waals surface area contributed by atoms with Gasteiger partial charge in [-0.05, 0) is 39.5 Å². The van der Waals surface area contributed by atoms with E-state index in [-0.39, 0.29) is 11.8 Å². The van der Waals surface area contributed by atoms with Gasteiger partial charge in [0.1, 0.15) is 6.61 Å². The summed E-state index contributed by atoms with van der Waals surface area (Å²) in [5.74, 6) is -0.805. The first-order valence-corrected chi connectivity index (χ1v) is 8.43. The molecule has 0 spiro atoms. The Hall–Kier alpha value is -1.40. The number of amides is 2. The van der Waals surface area contributed by atoms with Crippen LogP contribution in [0.1, 0.15) is 46.0 Å². The Kier molecular flexibility index (Phi) is 6.59. The second-order valence-electron chi connectivity index (χ2n) is 6.17. The van der Waals surface area contributed by atoms with E-state index in [9.17, 15) is 9.59 Å². The van der Waals surface area contributed by atoms with Crippen LogP contribution in [0.3, 0.4) is 0 Å². The van der Waals surface area contributed by atoms with Crippen molar-refractivity contribution in [1.29, 1.82) is 0 Å². The number of hydrogen-bond donors (Lipinski definition) is 0. The summed E-state index contributed by atoms with van der Waals surface area (Å²) in [4.78, 5) is 25.4. The monoisotopic (exact) mass is 325 g/mol. The van der Waals surface area contributed by atoms with Crippen molar-refractivity contribution < 1.29 is 23.8 Å². The van der Waals surface area contributed by atoms with Crippen molar-refractivity contribution in [2.24, 2.45) is 5.92 Å². The molecule has 6 nitrogen and oxygen atoms in total. The highest BCUT2D eigenvalue weighted by atomic mass is 16.7. The molecule has 23 heavy (non-hydrogen) atoms. The van der Waals surface area contributed by atoms with Crippen molar-refractivity contribution in [2.45, 2.75) is 51.7 Å². The molecule has 0 aromatic rings. The zero-order valence-corrected chi connectivity index (χ0v) is 14.1. The van der Waals surface area contributed by atoms with Crippen molar-refractivity contribution in [2.75, 3.05) is 26.4 Å². The summed E-state index contributed by atoms with van der Waals surface area (Å²) in [6.07, 6.45) is 7.39. The summed E-state index contributed by atoms with van der Waals surface area (Å²) >= 11 is 0. The molecule has 0 saturated carbocycles. The van der Waals surface area contributed by atoms with Crippen molar-refractivity contribution >= 4 is 12.0 Å². The van der Waals surface area contributed by atoms with Crippen LogP contribution in [0, 0.1) is 5.92 Å². The van der Waals surface area contributed by atoms with E-state index >= 15 is 0 Å². The van der Waals surface area contributed by atoms with Gasteiger partial charge in [0.2, 0.25) is 5.91 Å². The van der Waals surface area contributed by atoms with Crippen LogP contribution in [-0.4, -0.2) is 49.1 Å². The average Bonchev–Trinajstić information content (AvgIpc) is 3.14. The third-order valence-electron chi connectivity index (χ3n) is 4.38. The standard InChI is InChI=1S/C17H27NO5/c1-3-4-5-7-14(15(19)18-10-11-21-16(18)20)8-6-9-17(2)22-12-13-23-17/h3-4,14H,5-13H2,1-2H3/b4-3-. The molecule has 130 valence electrons. The lowest BCUT2D eigenvalue weighted by Crippen LogP contribution is -2.37. The highest BCUT2D eigenvalue weighted by Gasteiger charge is 2.34. The molecule has 0 aliphatic carbocycles. The minimum absolute atomic E-state index is 0.115. The molecule has 2 fully saturated rings. The quantitative estimate of drug-likeness (QED) is 0.642. The summed E-state index contributed by atoms with van der Waals surface area (Å²) in [6.45, 7) is 5.81. The number of carbonyl (C=O) groups is 2. The molecule has 2 amide bonds. The topological polar surface area (TPSA) is 65.1 Å². The largest absolute Gasteiger partial charge is 0.447 e. The maximum Gasteiger partial charge on any atom is 0.416 e. The van der Waals surface area contributed by atoms with E-state index in [0.29, 0.717) is 26.4 Å². The first kappa shape index (κ1) is 17.9. The second-order valence-corrected chi connectivity index (χ2v) is 6.17. The van der Waals surface area contributed by atoms with Crippen LogP contribution < -0.4 is 0 Å². The van der Waals surface area contributed by atoms with Gasteiger partial charge in [-0.15, -0.1) is 0 Å². The number of nitrogens with zero attached hydrogens (tertiary/aromatic N) is 1. The lowest BCUT2D eigenvalue weighted by molar-refractivity contribution is -0.149. The number of imide groups is 1. The molecule has 2 saturated heterocycles. The highest BCUT2D eigenvalue weighted by molar-refractivity contribution is 5.94. The number of rotatable bonds is 8. The molecule has 2 aliphatic heterocycles. The molecule has 0 radical (unpaired) electrons. The minimum atomic E-state index is -0.524. The molecule has 6 heteroatoms. The Morgan fingerprint density at radius 3 is 2.65 bits per heavy atom. The zero-order valence-electron chi connectivity index (χ0n) is 14.1. The molecular weight excluding hydrogens is 298 g/mol. The lowest BCUT2D eigenvalue weighted by atomic mass is 9.93. The van der Waals surface area contributed by atoms with E-state index in [1.165, 1.54) is 4.90 Å². The first-order valence-electron chi connectivity index (χ1n) is 8.43. The molecule has 0 aromatic heterocycles. The van der Waals surface area contributed by atoms with Gasteiger partial charge in [0, 0.05) is 12.3 Å². The molecule has 0 bridgehead atoms. The van der Waals surface area contributed by atoms with Gasteiger partial charge in [-0.2, -0.15) is 0 Å². The Labute approximate surface area is 137 Å². The van der Waals surface area contributed by atoms with Crippen LogP contribution in [0.25, 0.3) is 0 Å². The van der Waals surface area contributed by atoms with Gasteiger partial charge < -0.3 is 14.2 Å². The zero-order chi connectivity index (χ0) is 16.7. The van der Waals surface area contributed by atoms with E-state index in [4.69, 9.17) is 14.2 Å². The predicted octanol–water partition coefficient (Wildman–Crippen LogP) is 2.87. The Morgan fingerprint density at radius 1 is 1.30 bits per heavy atom. The van der Waals surface area contributed by atoms with Gasteiger partial charge in [0.15, 0.2) is 5.79 Å². The molecule has 2 heterocycles. The average molecular weight is 325 g/mol. The summed E-state index contributed by atoms with van der Waals surface area (Å²) in [6, 6.07) is 0. The molecule has 0 N–H and O–H groups in total. The summed E-state index contributed by atoms with van der Waals surface area (Å²) in [5.41, 5.74) is 0. The van der Waals surface area contributed by atoms with Crippen molar-refractivity contribution in [3.63, 3.8) is 0 Å². The predicted molar refractivity (Wildman–Crippen MR) is 84.8 cm³/mol. The normalized spacial score (nSPS) is 21.8. The van der Waals surface area contributed by atoms with Crippen molar-refractivity contribution in [3.05, 3.63) is 12.2 Å². The van der Waals surface area contributed by atoms with Crippen molar-refractivity contribution in [1.82, 2.24) is 4.90 Å². The van der Waals surface area contributed by atoms with E-state index in [0.717, 1.165) is 32.1 Å². The maximum atomic E-state index is 12.6. The van der Waals surface area contributed by atoms with Gasteiger partial charge in [0.25, 0.3) is 0 Å². The number of ether oxygens (including phenoxy) is 3. The van der Waals surface area contributed by atoms with E-state index in [2.05, 4.69) is 0 Å². The Morgan fingerprint density at radius 2 is 2.04 bits per heavy atom. The van der Waals surface area contributed by atoms with E-state index in [1.807, 2.05) is 26.0 Å². The fourth-order valence-corrected chi connectivity index (χ4v) is 3.04. The minimum Gasteiger partial charge on any atom is -0.447 e. The summed E-state index contributed by atoms with van der Waals surface area (Å²) in [5, 5.41) is 0. The van der Waals surface area contributed by atoms with Crippen LogP contribution in [-0.2, 0) is 19.0 Å². The SMILES string of the molecule is C/C=C\CCC(CCCC1(C)OCCO1)C(=O)N1CCOC1=O. The third-order valence-corrected chi connectivity index (χ3v) is 4.38. The Bertz CT molecular complexity index is 442. The van der Waals surface area contributed by atoms with Gasteiger partial charge >= 0.3 is 6.09 Å². The fraction of sp³-hybridized carbons (Fsp3) is 0.765.